The van der Waals surface area contributed by atoms with Crippen LogP contribution in [-0.4, -0.2) is 12.8 Å². The van der Waals surface area contributed by atoms with Crippen LogP contribution in [0, 0.1) is 0 Å². The molecule has 0 saturated heterocycles. The second-order valence-corrected chi connectivity index (χ2v) is 3.38. The average Bonchev–Trinajstić information content (AvgIpc) is 2.13. The van der Waals surface area contributed by atoms with Crippen molar-refractivity contribution in [2.45, 2.75) is 19.8 Å². The first-order chi connectivity index (χ1) is 6.33. The van der Waals surface area contributed by atoms with Crippen LogP contribution in [0.4, 0.5) is 0 Å². The Morgan fingerprint density at radius 2 is 2.31 bits per heavy atom. The second-order valence-electron chi connectivity index (χ2n) is 2.94. The van der Waals surface area contributed by atoms with E-state index in [0.717, 1.165) is 23.6 Å². The summed E-state index contributed by atoms with van der Waals surface area (Å²) < 4.78 is 0. The smallest absolute Gasteiger partial charge is 0.0412 e. The van der Waals surface area contributed by atoms with Crippen molar-refractivity contribution in [3.8, 4) is 0 Å². The predicted octanol–water partition coefficient (Wildman–Crippen LogP) is 3.56. The Bertz CT molecular complexity index is 281. The highest BCUT2D eigenvalue weighted by Gasteiger charge is 1.88. The lowest BCUT2D eigenvalue weighted by molar-refractivity contribution is 0.810. The van der Waals surface area contributed by atoms with Crippen molar-refractivity contribution in [1.82, 2.24) is 0 Å². The van der Waals surface area contributed by atoms with Crippen LogP contribution < -0.4 is 0 Å². The quantitative estimate of drug-likeness (QED) is 0.515. The van der Waals surface area contributed by atoms with E-state index in [9.17, 15) is 0 Å². The van der Waals surface area contributed by atoms with E-state index in [1.807, 2.05) is 30.5 Å². The molecule has 1 aromatic rings. The van der Waals surface area contributed by atoms with E-state index in [0.29, 0.717) is 0 Å². The van der Waals surface area contributed by atoms with Gasteiger partial charge in [0.2, 0.25) is 0 Å². The Morgan fingerprint density at radius 3 is 3.00 bits per heavy atom. The van der Waals surface area contributed by atoms with E-state index < -0.39 is 0 Å². The van der Waals surface area contributed by atoms with Gasteiger partial charge in [0.05, 0.1) is 0 Å². The van der Waals surface area contributed by atoms with E-state index in [1.54, 1.807) is 0 Å². The summed E-state index contributed by atoms with van der Waals surface area (Å²) in [5.74, 6) is 0. The molecule has 0 fully saturated rings. The molecule has 1 nitrogen and oxygen atoms in total. The summed E-state index contributed by atoms with van der Waals surface area (Å²) in [6.45, 7) is 3.07. The van der Waals surface area contributed by atoms with Gasteiger partial charge in [-0.25, -0.2) is 0 Å². The molecule has 0 aliphatic carbocycles. The molecule has 2 heteroatoms. The zero-order chi connectivity index (χ0) is 9.52. The first-order valence-electron chi connectivity index (χ1n) is 4.58. The topological polar surface area (TPSA) is 12.4 Å². The molecule has 0 amide bonds. The largest absolute Gasteiger partial charge is 0.293 e. The van der Waals surface area contributed by atoms with Crippen molar-refractivity contribution in [2.75, 3.05) is 6.54 Å². The summed E-state index contributed by atoms with van der Waals surface area (Å²) in [5, 5.41) is 0.763. The van der Waals surface area contributed by atoms with Crippen molar-refractivity contribution >= 4 is 17.8 Å². The number of benzene rings is 1. The molecule has 0 aliphatic heterocycles. The first-order valence-corrected chi connectivity index (χ1v) is 4.96. The number of rotatable bonds is 4. The fraction of sp³-hybridized carbons (Fsp3) is 0.364. The number of halogens is 1. The van der Waals surface area contributed by atoms with Gasteiger partial charge in [0.1, 0.15) is 0 Å². The third kappa shape index (κ3) is 4.09. The van der Waals surface area contributed by atoms with Gasteiger partial charge >= 0.3 is 0 Å². The number of unbranched alkanes of at least 4 members (excludes halogenated alkanes) is 1. The normalized spacial score (nSPS) is 10.9. The number of hydrogen-bond acceptors (Lipinski definition) is 1. The first kappa shape index (κ1) is 10.3. The minimum absolute atomic E-state index is 0.763. The van der Waals surface area contributed by atoms with Gasteiger partial charge in [-0.3, -0.25) is 4.99 Å². The summed E-state index contributed by atoms with van der Waals surface area (Å²) in [7, 11) is 0. The Morgan fingerprint density at radius 1 is 1.46 bits per heavy atom. The fourth-order valence-corrected chi connectivity index (χ4v) is 1.20. The molecule has 0 heterocycles. The van der Waals surface area contributed by atoms with Crippen molar-refractivity contribution in [3.63, 3.8) is 0 Å². The van der Waals surface area contributed by atoms with E-state index in [-0.39, 0.29) is 0 Å². The fourth-order valence-electron chi connectivity index (χ4n) is 1.01. The molecular weight excluding hydrogens is 182 g/mol. The lowest BCUT2D eigenvalue weighted by atomic mass is 10.2. The maximum Gasteiger partial charge on any atom is 0.0412 e. The highest BCUT2D eigenvalue weighted by molar-refractivity contribution is 6.30. The number of aliphatic imine (C=N–C) groups is 1. The maximum absolute atomic E-state index is 5.82. The summed E-state index contributed by atoms with van der Waals surface area (Å²) >= 11 is 5.82. The summed E-state index contributed by atoms with van der Waals surface area (Å²) in [4.78, 5) is 4.29. The van der Waals surface area contributed by atoms with Crippen molar-refractivity contribution in [1.29, 1.82) is 0 Å². The van der Waals surface area contributed by atoms with Gasteiger partial charge in [-0.15, -0.1) is 0 Å². The van der Waals surface area contributed by atoms with Crippen LogP contribution in [0.3, 0.4) is 0 Å². The zero-order valence-electron chi connectivity index (χ0n) is 7.83. The lowest BCUT2D eigenvalue weighted by Crippen LogP contribution is -1.83. The lowest BCUT2D eigenvalue weighted by Gasteiger charge is -1.93. The van der Waals surface area contributed by atoms with Gasteiger partial charge in [-0.05, 0) is 24.1 Å². The predicted molar refractivity (Wildman–Crippen MR) is 58.8 cm³/mol. The average molecular weight is 196 g/mol. The number of hydrogen-bond donors (Lipinski definition) is 0. The van der Waals surface area contributed by atoms with Gasteiger partial charge in [0, 0.05) is 17.8 Å². The van der Waals surface area contributed by atoms with Crippen LogP contribution in [0.25, 0.3) is 0 Å². The van der Waals surface area contributed by atoms with Crippen molar-refractivity contribution in [2.24, 2.45) is 4.99 Å². The minimum Gasteiger partial charge on any atom is -0.293 e. The molecule has 1 aromatic carbocycles. The van der Waals surface area contributed by atoms with Crippen LogP contribution in [0.15, 0.2) is 29.3 Å². The number of nitrogens with zero attached hydrogens (tertiary/aromatic N) is 1. The summed E-state index contributed by atoms with van der Waals surface area (Å²) in [5.41, 5.74) is 1.07. The van der Waals surface area contributed by atoms with Crippen LogP contribution >= 0.6 is 11.6 Å². The van der Waals surface area contributed by atoms with Gasteiger partial charge in [0.25, 0.3) is 0 Å². The molecule has 0 atom stereocenters. The Labute approximate surface area is 84.5 Å². The van der Waals surface area contributed by atoms with Gasteiger partial charge in [-0.2, -0.15) is 0 Å². The van der Waals surface area contributed by atoms with E-state index in [1.165, 1.54) is 6.42 Å². The summed E-state index contributed by atoms with van der Waals surface area (Å²) in [6, 6.07) is 7.72. The Kier molecular flexibility index (Phi) is 4.55. The van der Waals surface area contributed by atoms with Crippen LogP contribution in [-0.2, 0) is 0 Å². The van der Waals surface area contributed by atoms with Crippen LogP contribution in [0.1, 0.15) is 25.3 Å². The van der Waals surface area contributed by atoms with Gasteiger partial charge in [-0.1, -0.05) is 37.1 Å². The SMILES string of the molecule is CCCCN=Cc1cccc(Cl)c1. The molecular formula is C11H14ClN. The molecule has 0 aliphatic rings. The molecule has 70 valence electrons. The van der Waals surface area contributed by atoms with E-state index in [4.69, 9.17) is 11.6 Å². The molecule has 0 bridgehead atoms. The van der Waals surface area contributed by atoms with Gasteiger partial charge in [0.15, 0.2) is 0 Å². The molecule has 0 radical (unpaired) electrons. The highest BCUT2D eigenvalue weighted by Crippen LogP contribution is 2.08. The van der Waals surface area contributed by atoms with E-state index in [2.05, 4.69) is 11.9 Å². The zero-order valence-corrected chi connectivity index (χ0v) is 8.59. The standard InChI is InChI=1S/C11H14ClN/c1-2-3-7-13-9-10-5-4-6-11(12)8-10/h4-6,8-9H,2-3,7H2,1H3. The molecule has 0 N–H and O–H groups in total. The van der Waals surface area contributed by atoms with E-state index >= 15 is 0 Å². The molecule has 0 saturated carbocycles. The molecule has 1 rings (SSSR count). The van der Waals surface area contributed by atoms with Crippen LogP contribution in [0.5, 0.6) is 0 Å². The van der Waals surface area contributed by atoms with Gasteiger partial charge < -0.3 is 0 Å². The molecule has 0 aromatic heterocycles. The third-order valence-electron chi connectivity index (χ3n) is 1.73. The molecule has 0 spiro atoms. The van der Waals surface area contributed by atoms with Crippen molar-refractivity contribution < 1.29 is 0 Å². The third-order valence-corrected chi connectivity index (χ3v) is 1.96. The molecule has 0 unspecified atom stereocenters. The van der Waals surface area contributed by atoms with Crippen molar-refractivity contribution in [3.05, 3.63) is 34.9 Å². The highest BCUT2D eigenvalue weighted by atomic mass is 35.5. The second kappa shape index (κ2) is 5.76. The molecule has 13 heavy (non-hydrogen) atoms. The Balaban J connectivity index is 2.48. The van der Waals surface area contributed by atoms with Crippen LogP contribution in [0.2, 0.25) is 5.02 Å². The minimum atomic E-state index is 0.763. The monoisotopic (exact) mass is 195 g/mol. The maximum atomic E-state index is 5.82. The summed E-state index contributed by atoms with van der Waals surface area (Å²) in [6.07, 6.45) is 4.21. The Hall–Kier alpha value is -0.820.